The highest BCUT2D eigenvalue weighted by Gasteiger charge is 2.19. The predicted molar refractivity (Wildman–Crippen MR) is 75.4 cm³/mol. The average molecular weight is 267 g/mol. The van der Waals surface area contributed by atoms with Gasteiger partial charge in [0.1, 0.15) is 5.56 Å². The zero-order valence-electron chi connectivity index (χ0n) is 10.9. The fourth-order valence-corrected chi connectivity index (χ4v) is 1.99. The van der Waals surface area contributed by atoms with Crippen LogP contribution in [0.15, 0.2) is 53.3 Å². The molecule has 5 heteroatoms. The summed E-state index contributed by atoms with van der Waals surface area (Å²) in [4.78, 5) is 15.3. The van der Waals surface area contributed by atoms with Crippen molar-refractivity contribution < 1.29 is 9.32 Å². The molecule has 1 amide bonds. The van der Waals surface area contributed by atoms with Crippen LogP contribution in [0, 0.1) is 6.92 Å². The first-order chi connectivity index (χ1) is 9.75. The molecule has 0 bridgehead atoms. The molecule has 0 radical (unpaired) electrons. The molecule has 0 unspecified atom stereocenters. The van der Waals surface area contributed by atoms with E-state index in [-0.39, 0.29) is 5.91 Å². The van der Waals surface area contributed by atoms with Gasteiger partial charge in [0.05, 0.1) is 11.9 Å². The van der Waals surface area contributed by atoms with E-state index in [1.54, 1.807) is 6.20 Å². The molecule has 2 heterocycles. The minimum Gasteiger partial charge on any atom is -0.358 e. The summed E-state index contributed by atoms with van der Waals surface area (Å²) in [6.07, 6.45) is 3.22. The van der Waals surface area contributed by atoms with Crippen LogP contribution < -0.4 is 5.32 Å². The maximum Gasteiger partial charge on any atom is 0.261 e. The molecule has 0 spiro atoms. The Morgan fingerprint density at radius 3 is 2.75 bits per heavy atom. The van der Waals surface area contributed by atoms with Crippen molar-refractivity contribution in [1.82, 2.24) is 10.1 Å². The van der Waals surface area contributed by atoms with Gasteiger partial charge in [-0.15, -0.1) is 0 Å². The van der Waals surface area contributed by atoms with Gasteiger partial charge in [0.15, 0.2) is 5.76 Å². The number of aromatic nitrogens is 2. The summed E-state index contributed by atoms with van der Waals surface area (Å²) in [5.41, 5.74) is 2.89. The highest BCUT2D eigenvalue weighted by atomic mass is 16.5. The molecule has 0 atom stereocenters. The number of carbonyl (C=O) groups is 1. The SMILES string of the molecule is Cc1cc[nH]c1-c1oncc1C(=O)Nc1ccccc1. The Bertz CT molecular complexity index is 728. The van der Waals surface area contributed by atoms with Crippen LogP contribution in [0.25, 0.3) is 11.5 Å². The van der Waals surface area contributed by atoms with Crippen molar-refractivity contribution in [2.24, 2.45) is 0 Å². The number of nitrogens with zero attached hydrogens (tertiary/aromatic N) is 1. The molecular weight excluding hydrogens is 254 g/mol. The summed E-state index contributed by atoms with van der Waals surface area (Å²) >= 11 is 0. The number of hydrogen-bond acceptors (Lipinski definition) is 3. The molecule has 100 valence electrons. The van der Waals surface area contributed by atoms with Crippen molar-refractivity contribution in [2.45, 2.75) is 6.92 Å². The molecular formula is C15H13N3O2. The van der Waals surface area contributed by atoms with Gasteiger partial charge in [-0.05, 0) is 30.7 Å². The number of carbonyl (C=O) groups excluding carboxylic acids is 1. The summed E-state index contributed by atoms with van der Waals surface area (Å²) in [6.45, 7) is 1.94. The van der Waals surface area contributed by atoms with Crippen molar-refractivity contribution in [3.63, 3.8) is 0 Å². The van der Waals surface area contributed by atoms with Gasteiger partial charge in [0.2, 0.25) is 0 Å². The fraction of sp³-hybridized carbons (Fsp3) is 0.0667. The van der Waals surface area contributed by atoms with Gasteiger partial charge in [-0.1, -0.05) is 23.4 Å². The lowest BCUT2D eigenvalue weighted by molar-refractivity contribution is 0.102. The van der Waals surface area contributed by atoms with Crippen LogP contribution in [0.3, 0.4) is 0 Å². The molecule has 3 aromatic rings. The Balaban J connectivity index is 1.90. The lowest BCUT2D eigenvalue weighted by Crippen LogP contribution is -2.12. The zero-order chi connectivity index (χ0) is 13.9. The second-order valence-corrected chi connectivity index (χ2v) is 4.42. The molecule has 0 saturated heterocycles. The first kappa shape index (κ1) is 12.2. The monoisotopic (exact) mass is 267 g/mol. The molecule has 2 N–H and O–H groups in total. The van der Waals surface area contributed by atoms with Crippen molar-refractivity contribution >= 4 is 11.6 Å². The van der Waals surface area contributed by atoms with E-state index in [1.807, 2.05) is 43.3 Å². The second kappa shape index (κ2) is 5.05. The van der Waals surface area contributed by atoms with E-state index in [4.69, 9.17) is 4.52 Å². The van der Waals surface area contributed by atoms with Crippen molar-refractivity contribution in [2.75, 3.05) is 5.32 Å². The van der Waals surface area contributed by atoms with E-state index in [0.29, 0.717) is 11.3 Å². The summed E-state index contributed by atoms with van der Waals surface area (Å²) < 4.78 is 5.21. The third-order valence-electron chi connectivity index (χ3n) is 3.03. The van der Waals surface area contributed by atoms with Crippen LogP contribution in [0.1, 0.15) is 15.9 Å². The van der Waals surface area contributed by atoms with E-state index in [1.165, 1.54) is 6.20 Å². The molecule has 0 saturated carbocycles. The second-order valence-electron chi connectivity index (χ2n) is 4.42. The smallest absolute Gasteiger partial charge is 0.261 e. The number of hydrogen-bond donors (Lipinski definition) is 2. The predicted octanol–water partition coefficient (Wildman–Crippen LogP) is 3.23. The average Bonchev–Trinajstić information content (AvgIpc) is 3.07. The zero-order valence-corrected chi connectivity index (χ0v) is 10.9. The lowest BCUT2D eigenvalue weighted by atomic mass is 10.1. The number of rotatable bonds is 3. The highest BCUT2D eigenvalue weighted by Crippen LogP contribution is 2.25. The summed E-state index contributed by atoms with van der Waals surface area (Å²) in [6, 6.07) is 11.2. The van der Waals surface area contributed by atoms with Crippen LogP contribution in [0.2, 0.25) is 0 Å². The first-order valence-electron chi connectivity index (χ1n) is 6.21. The maximum absolute atomic E-state index is 12.3. The Morgan fingerprint density at radius 2 is 2.05 bits per heavy atom. The number of H-pyrrole nitrogens is 1. The molecule has 0 fully saturated rings. The van der Waals surface area contributed by atoms with E-state index in [9.17, 15) is 4.79 Å². The van der Waals surface area contributed by atoms with Gasteiger partial charge in [-0.2, -0.15) is 0 Å². The standard InChI is InChI=1S/C15H13N3O2/c1-10-7-8-16-13(10)14-12(9-17-20-14)15(19)18-11-5-3-2-4-6-11/h2-9,16H,1H3,(H,18,19). The van der Waals surface area contributed by atoms with Crippen LogP contribution in [-0.4, -0.2) is 16.0 Å². The Morgan fingerprint density at radius 1 is 1.25 bits per heavy atom. The van der Waals surface area contributed by atoms with Crippen molar-refractivity contribution in [1.29, 1.82) is 0 Å². The molecule has 1 aromatic carbocycles. The molecule has 0 aliphatic heterocycles. The van der Waals surface area contributed by atoms with Gasteiger partial charge >= 0.3 is 0 Å². The number of para-hydroxylation sites is 1. The number of aromatic amines is 1. The van der Waals surface area contributed by atoms with Crippen LogP contribution in [-0.2, 0) is 0 Å². The fourth-order valence-electron chi connectivity index (χ4n) is 1.99. The summed E-state index contributed by atoms with van der Waals surface area (Å²) in [7, 11) is 0. The number of anilines is 1. The van der Waals surface area contributed by atoms with Crippen molar-refractivity contribution in [3.8, 4) is 11.5 Å². The number of benzene rings is 1. The third kappa shape index (κ3) is 2.21. The summed E-state index contributed by atoms with van der Waals surface area (Å²) in [5, 5.41) is 6.54. The molecule has 20 heavy (non-hydrogen) atoms. The van der Waals surface area contributed by atoms with Gasteiger partial charge in [-0.25, -0.2) is 0 Å². The van der Waals surface area contributed by atoms with Crippen LogP contribution >= 0.6 is 0 Å². The first-order valence-corrected chi connectivity index (χ1v) is 6.21. The number of nitrogens with one attached hydrogen (secondary N) is 2. The van der Waals surface area contributed by atoms with E-state index in [2.05, 4.69) is 15.5 Å². The van der Waals surface area contributed by atoms with Crippen molar-refractivity contribution in [3.05, 3.63) is 59.9 Å². The lowest BCUT2D eigenvalue weighted by Gasteiger charge is -2.04. The molecule has 0 aliphatic rings. The summed E-state index contributed by atoms with van der Waals surface area (Å²) in [5.74, 6) is 0.197. The van der Waals surface area contributed by atoms with Gasteiger partial charge in [0, 0.05) is 11.9 Å². The molecule has 3 rings (SSSR count). The minimum atomic E-state index is -0.249. The minimum absolute atomic E-state index is 0.249. The van der Waals surface area contributed by atoms with E-state index in [0.717, 1.165) is 16.9 Å². The number of aryl methyl sites for hydroxylation is 1. The van der Waals surface area contributed by atoms with Gasteiger partial charge < -0.3 is 14.8 Å². The quantitative estimate of drug-likeness (QED) is 0.765. The topological polar surface area (TPSA) is 70.9 Å². The molecule has 2 aromatic heterocycles. The number of amides is 1. The van der Waals surface area contributed by atoms with Gasteiger partial charge in [-0.3, -0.25) is 4.79 Å². The van der Waals surface area contributed by atoms with Crippen LogP contribution in [0.4, 0.5) is 5.69 Å². The van der Waals surface area contributed by atoms with E-state index < -0.39 is 0 Å². The third-order valence-corrected chi connectivity index (χ3v) is 3.03. The largest absolute Gasteiger partial charge is 0.358 e. The van der Waals surface area contributed by atoms with Gasteiger partial charge in [0.25, 0.3) is 5.91 Å². The maximum atomic E-state index is 12.3. The molecule has 5 nitrogen and oxygen atoms in total. The normalized spacial score (nSPS) is 10.4. The molecule has 0 aliphatic carbocycles. The highest BCUT2D eigenvalue weighted by molar-refractivity contribution is 6.07. The van der Waals surface area contributed by atoms with Crippen LogP contribution in [0.5, 0.6) is 0 Å². The van der Waals surface area contributed by atoms with E-state index >= 15 is 0 Å². The Labute approximate surface area is 115 Å². The Kier molecular flexibility index (Phi) is 3.09. The Hall–Kier alpha value is -2.82.